The molecule has 106 valence electrons. The Labute approximate surface area is 122 Å². The summed E-state index contributed by atoms with van der Waals surface area (Å²) in [6, 6.07) is 17.1. The summed E-state index contributed by atoms with van der Waals surface area (Å²) in [7, 11) is 2.16. The molecule has 20 heavy (non-hydrogen) atoms. The second-order valence-corrected chi connectivity index (χ2v) is 5.40. The van der Waals surface area contributed by atoms with Gasteiger partial charge in [-0.1, -0.05) is 43.3 Å². The van der Waals surface area contributed by atoms with Crippen molar-refractivity contribution >= 4 is 5.69 Å². The molecule has 0 unspecified atom stereocenters. The Morgan fingerprint density at radius 1 is 0.850 bits per heavy atom. The van der Waals surface area contributed by atoms with Gasteiger partial charge < -0.3 is 10.6 Å². The van der Waals surface area contributed by atoms with Gasteiger partial charge in [0.25, 0.3) is 0 Å². The van der Waals surface area contributed by atoms with Gasteiger partial charge >= 0.3 is 0 Å². The standard InChI is InChI=1S/C18H24N2/c1-3-15-4-6-16(7-5-15)12-13-20(2)14-17-8-10-18(19)11-9-17/h4-11H,3,12-14,19H2,1-2H3. The van der Waals surface area contributed by atoms with E-state index >= 15 is 0 Å². The molecule has 0 radical (unpaired) electrons. The van der Waals surface area contributed by atoms with Crippen LogP contribution in [0.15, 0.2) is 48.5 Å². The van der Waals surface area contributed by atoms with Crippen molar-refractivity contribution in [2.24, 2.45) is 0 Å². The van der Waals surface area contributed by atoms with Crippen molar-refractivity contribution in [1.82, 2.24) is 4.90 Å². The zero-order valence-electron chi connectivity index (χ0n) is 12.5. The minimum atomic E-state index is 0.826. The SMILES string of the molecule is CCc1ccc(CCN(C)Cc2ccc(N)cc2)cc1. The molecule has 0 atom stereocenters. The molecule has 0 spiro atoms. The zero-order chi connectivity index (χ0) is 14.4. The molecule has 2 nitrogen and oxygen atoms in total. The largest absolute Gasteiger partial charge is 0.399 e. The predicted molar refractivity (Wildman–Crippen MR) is 86.7 cm³/mol. The molecule has 0 aliphatic rings. The summed E-state index contributed by atoms with van der Waals surface area (Å²) in [5.41, 5.74) is 10.7. The molecule has 2 N–H and O–H groups in total. The number of nitrogen functional groups attached to an aromatic ring is 1. The molecular formula is C18H24N2. The van der Waals surface area contributed by atoms with Crippen molar-refractivity contribution < 1.29 is 0 Å². The first kappa shape index (κ1) is 14.6. The zero-order valence-corrected chi connectivity index (χ0v) is 12.5. The van der Waals surface area contributed by atoms with Gasteiger partial charge in [0, 0.05) is 18.8 Å². The van der Waals surface area contributed by atoms with E-state index in [9.17, 15) is 0 Å². The van der Waals surface area contributed by atoms with E-state index in [0.717, 1.165) is 31.6 Å². The molecule has 0 saturated carbocycles. The van der Waals surface area contributed by atoms with Crippen LogP contribution in [0.3, 0.4) is 0 Å². The number of likely N-dealkylation sites (N-methyl/N-ethyl adjacent to an activating group) is 1. The van der Waals surface area contributed by atoms with Crippen molar-refractivity contribution in [2.45, 2.75) is 26.3 Å². The van der Waals surface area contributed by atoms with Gasteiger partial charge in [0.05, 0.1) is 0 Å². The van der Waals surface area contributed by atoms with E-state index in [-0.39, 0.29) is 0 Å². The van der Waals surface area contributed by atoms with Gasteiger partial charge in [-0.3, -0.25) is 0 Å². The van der Waals surface area contributed by atoms with Crippen LogP contribution in [0, 0.1) is 0 Å². The van der Waals surface area contributed by atoms with Gasteiger partial charge in [-0.2, -0.15) is 0 Å². The summed E-state index contributed by atoms with van der Waals surface area (Å²) >= 11 is 0. The Balaban J connectivity index is 1.82. The lowest BCUT2D eigenvalue weighted by Gasteiger charge is -2.17. The van der Waals surface area contributed by atoms with Crippen LogP contribution < -0.4 is 5.73 Å². The first-order valence-corrected chi connectivity index (χ1v) is 7.28. The number of anilines is 1. The maximum Gasteiger partial charge on any atom is 0.0314 e. The summed E-state index contributed by atoms with van der Waals surface area (Å²) in [6.07, 6.45) is 2.20. The van der Waals surface area contributed by atoms with Gasteiger partial charge in [0.15, 0.2) is 0 Å². The average molecular weight is 268 g/mol. The van der Waals surface area contributed by atoms with Crippen LogP contribution in [-0.4, -0.2) is 18.5 Å². The van der Waals surface area contributed by atoms with Gasteiger partial charge in [0.1, 0.15) is 0 Å². The van der Waals surface area contributed by atoms with Crippen LogP contribution in [0.25, 0.3) is 0 Å². The van der Waals surface area contributed by atoms with Crippen LogP contribution in [-0.2, 0) is 19.4 Å². The maximum atomic E-state index is 5.70. The first-order valence-electron chi connectivity index (χ1n) is 7.28. The highest BCUT2D eigenvalue weighted by molar-refractivity contribution is 5.39. The van der Waals surface area contributed by atoms with E-state index < -0.39 is 0 Å². The molecule has 2 rings (SSSR count). The maximum absolute atomic E-state index is 5.70. The minimum absolute atomic E-state index is 0.826. The lowest BCUT2D eigenvalue weighted by molar-refractivity contribution is 0.331. The Morgan fingerprint density at radius 3 is 2.00 bits per heavy atom. The van der Waals surface area contributed by atoms with E-state index in [1.54, 1.807) is 0 Å². The number of hydrogen-bond donors (Lipinski definition) is 1. The van der Waals surface area contributed by atoms with Crippen LogP contribution >= 0.6 is 0 Å². The fourth-order valence-corrected chi connectivity index (χ4v) is 2.28. The third-order valence-electron chi connectivity index (χ3n) is 3.65. The Bertz CT molecular complexity index is 514. The predicted octanol–water partition coefficient (Wildman–Crippen LogP) is 3.51. The number of aryl methyl sites for hydroxylation is 1. The minimum Gasteiger partial charge on any atom is -0.399 e. The van der Waals surface area contributed by atoms with Gasteiger partial charge in [-0.25, -0.2) is 0 Å². The number of rotatable bonds is 6. The molecular weight excluding hydrogens is 244 g/mol. The van der Waals surface area contributed by atoms with Crippen LogP contribution in [0.4, 0.5) is 5.69 Å². The van der Waals surface area contributed by atoms with Crippen LogP contribution in [0.1, 0.15) is 23.6 Å². The van der Waals surface area contributed by atoms with E-state index in [1.807, 2.05) is 12.1 Å². The highest BCUT2D eigenvalue weighted by Gasteiger charge is 2.01. The van der Waals surface area contributed by atoms with Crippen molar-refractivity contribution in [3.63, 3.8) is 0 Å². The third-order valence-corrected chi connectivity index (χ3v) is 3.65. The van der Waals surface area contributed by atoms with E-state index in [0.29, 0.717) is 0 Å². The number of benzene rings is 2. The summed E-state index contributed by atoms with van der Waals surface area (Å²) in [4.78, 5) is 2.35. The van der Waals surface area contributed by atoms with Gasteiger partial charge in [0.2, 0.25) is 0 Å². The molecule has 0 heterocycles. The Kier molecular flexibility index (Phi) is 5.19. The summed E-state index contributed by atoms with van der Waals surface area (Å²) in [5.74, 6) is 0. The van der Waals surface area contributed by atoms with Crippen LogP contribution in [0.2, 0.25) is 0 Å². The molecule has 2 aromatic carbocycles. The molecule has 0 aliphatic carbocycles. The molecule has 0 aliphatic heterocycles. The molecule has 0 bridgehead atoms. The number of nitrogens with two attached hydrogens (primary N) is 1. The Morgan fingerprint density at radius 2 is 1.40 bits per heavy atom. The van der Waals surface area contributed by atoms with Crippen molar-refractivity contribution in [2.75, 3.05) is 19.3 Å². The van der Waals surface area contributed by atoms with Crippen molar-refractivity contribution in [1.29, 1.82) is 0 Å². The second-order valence-electron chi connectivity index (χ2n) is 5.40. The molecule has 2 heteroatoms. The first-order chi connectivity index (χ1) is 9.67. The highest BCUT2D eigenvalue weighted by Crippen LogP contribution is 2.09. The van der Waals surface area contributed by atoms with Crippen molar-refractivity contribution in [3.8, 4) is 0 Å². The fraction of sp³-hybridized carbons (Fsp3) is 0.333. The lowest BCUT2D eigenvalue weighted by Crippen LogP contribution is -2.20. The number of hydrogen-bond acceptors (Lipinski definition) is 2. The van der Waals surface area contributed by atoms with Crippen molar-refractivity contribution in [3.05, 3.63) is 65.2 Å². The van der Waals surface area contributed by atoms with Gasteiger partial charge in [-0.05, 0) is 48.7 Å². The third kappa shape index (κ3) is 4.39. The van der Waals surface area contributed by atoms with Gasteiger partial charge in [-0.15, -0.1) is 0 Å². The average Bonchev–Trinajstić information content (AvgIpc) is 2.48. The monoisotopic (exact) mass is 268 g/mol. The quantitative estimate of drug-likeness (QED) is 0.812. The number of nitrogens with zero attached hydrogens (tertiary/aromatic N) is 1. The lowest BCUT2D eigenvalue weighted by atomic mass is 10.1. The smallest absolute Gasteiger partial charge is 0.0314 e. The summed E-state index contributed by atoms with van der Waals surface area (Å²) < 4.78 is 0. The van der Waals surface area contributed by atoms with E-state index in [2.05, 4.69) is 55.3 Å². The molecule has 2 aromatic rings. The Hall–Kier alpha value is -1.80. The van der Waals surface area contributed by atoms with E-state index in [4.69, 9.17) is 5.73 Å². The molecule has 0 fully saturated rings. The summed E-state index contributed by atoms with van der Waals surface area (Å²) in [6.45, 7) is 4.22. The highest BCUT2D eigenvalue weighted by atomic mass is 15.1. The normalized spacial score (nSPS) is 10.9. The molecule has 0 aromatic heterocycles. The van der Waals surface area contributed by atoms with E-state index in [1.165, 1.54) is 16.7 Å². The second kappa shape index (κ2) is 7.11. The molecule has 0 saturated heterocycles. The molecule has 0 amide bonds. The summed E-state index contributed by atoms with van der Waals surface area (Å²) in [5, 5.41) is 0. The topological polar surface area (TPSA) is 29.3 Å². The fourth-order valence-electron chi connectivity index (χ4n) is 2.28. The van der Waals surface area contributed by atoms with Crippen LogP contribution in [0.5, 0.6) is 0 Å².